The second-order valence-electron chi connectivity index (χ2n) is 5.87. The van der Waals surface area contributed by atoms with Gasteiger partial charge in [0.1, 0.15) is 5.75 Å². The van der Waals surface area contributed by atoms with Gasteiger partial charge in [-0.2, -0.15) is 0 Å². The van der Waals surface area contributed by atoms with E-state index in [1.807, 2.05) is 25.1 Å². The maximum Gasteiger partial charge on any atom is 0.124 e. The van der Waals surface area contributed by atoms with E-state index < -0.39 is 6.10 Å². The van der Waals surface area contributed by atoms with Crippen molar-refractivity contribution in [1.82, 2.24) is 5.32 Å². The Balaban J connectivity index is 1.88. The summed E-state index contributed by atoms with van der Waals surface area (Å²) in [6.45, 7) is 3.62. The van der Waals surface area contributed by atoms with Gasteiger partial charge in [0.15, 0.2) is 0 Å². The lowest BCUT2D eigenvalue weighted by Gasteiger charge is -2.19. The Morgan fingerprint density at radius 3 is 2.75 bits per heavy atom. The van der Waals surface area contributed by atoms with E-state index in [-0.39, 0.29) is 12.0 Å². The van der Waals surface area contributed by atoms with Gasteiger partial charge in [0.05, 0.1) is 13.2 Å². The molecule has 0 saturated heterocycles. The molecule has 1 unspecified atom stereocenters. The monoisotopic (exact) mass is 279 g/mol. The lowest BCUT2D eigenvalue weighted by Crippen LogP contribution is -2.29. The van der Waals surface area contributed by atoms with Gasteiger partial charge in [0, 0.05) is 25.3 Å². The fourth-order valence-corrected chi connectivity index (χ4v) is 2.63. The minimum atomic E-state index is -0.574. The summed E-state index contributed by atoms with van der Waals surface area (Å²) >= 11 is 0. The molecule has 1 aliphatic rings. The Morgan fingerprint density at radius 2 is 2.15 bits per heavy atom. The first-order chi connectivity index (χ1) is 9.60. The van der Waals surface area contributed by atoms with Crippen LogP contribution in [0.15, 0.2) is 18.2 Å². The van der Waals surface area contributed by atoms with E-state index >= 15 is 0 Å². The molecule has 1 aromatic rings. The molecule has 1 aliphatic carbocycles. The van der Waals surface area contributed by atoms with E-state index in [1.165, 1.54) is 12.8 Å². The van der Waals surface area contributed by atoms with Gasteiger partial charge >= 0.3 is 0 Å². The highest BCUT2D eigenvalue weighted by molar-refractivity contribution is 5.38. The van der Waals surface area contributed by atoms with E-state index in [0.29, 0.717) is 6.54 Å². The van der Waals surface area contributed by atoms with Crippen molar-refractivity contribution in [2.24, 2.45) is 5.41 Å². The fourth-order valence-electron chi connectivity index (χ4n) is 2.63. The largest absolute Gasteiger partial charge is 0.496 e. The first-order valence-electron chi connectivity index (χ1n) is 7.24. The van der Waals surface area contributed by atoms with Crippen LogP contribution in [0.2, 0.25) is 0 Å². The molecule has 3 N–H and O–H groups in total. The fraction of sp³-hybridized carbons (Fsp3) is 0.625. The number of rotatable bonds is 8. The molecular weight excluding hydrogens is 254 g/mol. The van der Waals surface area contributed by atoms with Gasteiger partial charge in [-0.15, -0.1) is 0 Å². The molecular formula is C16H25NO3. The lowest BCUT2D eigenvalue weighted by atomic mass is 10.0. The molecule has 4 nitrogen and oxygen atoms in total. The van der Waals surface area contributed by atoms with Gasteiger partial charge in [-0.25, -0.2) is 0 Å². The number of aliphatic hydroxyl groups is 2. The molecule has 4 heteroatoms. The van der Waals surface area contributed by atoms with Gasteiger partial charge < -0.3 is 20.3 Å². The lowest BCUT2D eigenvalue weighted by molar-refractivity contribution is 0.165. The van der Waals surface area contributed by atoms with Crippen LogP contribution in [0.3, 0.4) is 0 Å². The highest BCUT2D eigenvalue weighted by Crippen LogP contribution is 2.47. The summed E-state index contributed by atoms with van der Waals surface area (Å²) in [6.07, 6.45) is 2.62. The molecule has 20 heavy (non-hydrogen) atoms. The number of aryl methyl sites for hydroxylation is 1. The van der Waals surface area contributed by atoms with E-state index in [1.54, 1.807) is 7.11 Å². The SMILES string of the molecule is COc1ccc(C)cc1C(O)CNCC1(CCO)CC1. The highest BCUT2D eigenvalue weighted by Gasteiger charge is 2.41. The van der Waals surface area contributed by atoms with Gasteiger partial charge in [0.2, 0.25) is 0 Å². The van der Waals surface area contributed by atoms with Gasteiger partial charge in [0.25, 0.3) is 0 Å². The average Bonchev–Trinajstić information content (AvgIpc) is 3.19. The van der Waals surface area contributed by atoms with Crippen LogP contribution in [0.1, 0.15) is 36.5 Å². The molecule has 0 amide bonds. The number of nitrogens with one attached hydrogen (secondary N) is 1. The molecule has 0 heterocycles. The molecule has 2 rings (SSSR count). The molecule has 0 radical (unpaired) electrons. The topological polar surface area (TPSA) is 61.7 Å². The van der Waals surface area contributed by atoms with Crippen molar-refractivity contribution >= 4 is 0 Å². The molecule has 0 aliphatic heterocycles. The van der Waals surface area contributed by atoms with Crippen molar-refractivity contribution in [2.45, 2.75) is 32.3 Å². The van der Waals surface area contributed by atoms with Crippen LogP contribution in [0.5, 0.6) is 5.75 Å². The molecule has 1 atom stereocenters. The minimum absolute atomic E-state index is 0.246. The summed E-state index contributed by atoms with van der Waals surface area (Å²) in [5, 5.41) is 22.7. The number of benzene rings is 1. The number of hydrogen-bond acceptors (Lipinski definition) is 4. The van der Waals surface area contributed by atoms with Crippen molar-refractivity contribution in [3.63, 3.8) is 0 Å². The summed E-state index contributed by atoms with van der Waals surface area (Å²) in [6, 6.07) is 5.83. The van der Waals surface area contributed by atoms with Crippen molar-refractivity contribution < 1.29 is 14.9 Å². The van der Waals surface area contributed by atoms with Crippen molar-refractivity contribution in [1.29, 1.82) is 0 Å². The van der Waals surface area contributed by atoms with Crippen molar-refractivity contribution in [3.05, 3.63) is 29.3 Å². The predicted octanol–water partition coefficient (Wildman–Crippen LogP) is 1.79. The average molecular weight is 279 g/mol. The second-order valence-corrected chi connectivity index (χ2v) is 5.87. The first kappa shape index (κ1) is 15.3. The summed E-state index contributed by atoms with van der Waals surface area (Å²) in [5.41, 5.74) is 2.20. The van der Waals surface area contributed by atoms with Crippen molar-refractivity contribution in [2.75, 3.05) is 26.8 Å². The Kier molecular flexibility index (Phi) is 5.02. The third kappa shape index (κ3) is 3.72. The summed E-state index contributed by atoms with van der Waals surface area (Å²) < 4.78 is 5.30. The zero-order chi connectivity index (χ0) is 14.6. The minimum Gasteiger partial charge on any atom is -0.496 e. The third-order valence-electron chi connectivity index (χ3n) is 4.18. The number of ether oxygens (including phenoxy) is 1. The Labute approximate surface area is 120 Å². The smallest absolute Gasteiger partial charge is 0.124 e. The van der Waals surface area contributed by atoms with Crippen LogP contribution in [-0.2, 0) is 0 Å². The van der Waals surface area contributed by atoms with Crippen LogP contribution >= 0.6 is 0 Å². The van der Waals surface area contributed by atoms with Gasteiger partial charge in [-0.05, 0) is 43.7 Å². The van der Waals surface area contributed by atoms with Crippen LogP contribution in [0, 0.1) is 12.3 Å². The number of hydrogen-bond donors (Lipinski definition) is 3. The van der Waals surface area contributed by atoms with E-state index in [4.69, 9.17) is 9.84 Å². The highest BCUT2D eigenvalue weighted by atomic mass is 16.5. The Hall–Kier alpha value is -1.10. The first-order valence-corrected chi connectivity index (χ1v) is 7.24. The maximum atomic E-state index is 10.3. The molecule has 1 saturated carbocycles. The standard InChI is InChI=1S/C16H25NO3/c1-12-3-4-15(20-2)13(9-12)14(19)10-17-11-16(5-6-16)7-8-18/h3-4,9,14,17-19H,5-8,10-11H2,1-2H3. The number of methoxy groups -OCH3 is 1. The molecule has 0 spiro atoms. The maximum absolute atomic E-state index is 10.3. The summed E-state index contributed by atoms with van der Waals surface area (Å²) in [4.78, 5) is 0. The van der Waals surface area contributed by atoms with Crippen LogP contribution < -0.4 is 10.1 Å². The Morgan fingerprint density at radius 1 is 1.40 bits per heavy atom. The zero-order valence-electron chi connectivity index (χ0n) is 12.4. The van der Waals surface area contributed by atoms with Gasteiger partial charge in [-0.3, -0.25) is 0 Å². The normalized spacial score (nSPS) is 17.8. The van der Waals surface area contributed by atoms with E-state index in [9.17, 15) is 5.11 Å². The third-order valence-corrected chi connectivity index (χ3v) is 4.18. The zero-order valence-corrected chi connectivity index (χ0v) is 12.4. The quantitative estimate of drug-likeness (QED) is 0.679. The van der Waals surface area contributed by atoms with E-state index in [2.05, 4.69) is 5.32 Å². The summed E-state index contributed by atoms with van der Waals surface area (Å²) in [7, 11) is 1.62. The van der Waals surface area contributed by atoms with Crippen LogP contribution in [0.4, 0.5) is 0 Å². The molecule has 1 aromatic carbocycles. The van der Waals surface area contributed by atoms with Crippen molar-refractivity contribution in [3.8, 4) is 5.75 Å². The predicted molar refractivity (Wildman–Crippen MR) is 78.9 cm³/mol. The molecule has 1 fully saturated rings. The summed E-state index contributed by atoms with van der Waals surface area (Å²) in [5.74, 6) is 0.724. The Bertz CT molecular complexity index is 443. The molecule has 112 valence electrons. The van der Waals surface area contributed by atoms with Gasteiger partial charge in [-0.1, -0.05) is 11.6 Å². The molecule has 0 bridgehead atoms. The van der Waals surface area contributed by atoms with Crippen LogP contribution in [-0.4, -0.2) is 37.0 Å². The number of aliphatic hydroxyl groups excluding tert-OH is 2. The molecule has 0 aromatic heterocycles. The van der Waals surface area contributed by atoms with Crippen LogP contribution in [0.25, 0.3) is 0 Å². The van der Waals surface area contributed by atoms with E-state index in [0.717, 1.165) is 29.8 Å². The second kappa shape index (κ2) is 6.57.